The largest absolute Gasteiger partial charge is 0.287 e. The quantitative estimate of drug-likeness (QED) is 0.0371. The number of Topliss-reactive ketones (excluding diaryl/α,β-unsaturated/α-hetero) is 1. The smallest absolute Gasteiger partial charge is 0.227 e. The first-order valence-electron chi connectivity index (χ1n) is 19.3. The van der Waals surface area contributed by atoms with Gasteiger partial charge in [-0.2, -0.15) is 4.57 Å². The zero-order valence-electron chi connectivity index (χ0n) is 33.9. The van der Waals surface area contributed by atoms with Crippen LogP contribution in [0.5, 0.6) is 0 Å². The fourth-order valence-corrected chi connectivity index (χ4v) is 7.97. The molecule has 1 heterocycles. The van der Waals surface area contributed by atoms with Crippen LogP contribution in [0.2, 0.25) is 0 Å². The maximum Gasteiger partial charge on any atom is 0.227 e. The second-order valence-electron chi connectivity index (χ2n) is 14.9. The molecule has 0 fully saturated rings. The lowest BCUT2D eigenvalue weighted by molar-refractivity contribution is -0.672. The van der Waals surface area contributed by atoms with Gasteiger partial charge in [0.2, 0.25) is 18.0 Å². The van der Waals surface area contributed by atoms with Gasteiger partial charge in [-0.3, -0.25) is 4.79 Å². The SMILES string of the molecule is Fc1c(F)c(F)c([B-](c2c(F)c(F)c(F)c(F)c2F)(c2c(F)c(F)c(F)c(F)c2F)c2c(F)c(F)c(F)c(F)c2F)c(F)c1F.O=C(C[n+]1ccccc1-c1ccc2ccccc2c1)c1ccccc1. The van der Waals surface area contributed by atoms with Crippen molar-refractivity contribution in [1.82, 2.24) is 0 Å². The third kappa shape index (κ3) is 7.95. The molecule has 0 unspecified atom stereocenters. The second-order valence-corrected chi connectivity index (χ2v) is 14.9. The van der Waals surface area contributed by atoms with Gasteiger partial charge in [-0.05, 0) is 29.0 Å². The van der Waals surface area contributed by atoms with E-state index in [4.69, 9.17) is 0 Å². The van der Waals surface area contributed by atoms with E-state index < -0.39 is 144 Å². The Bertz CT molecular complexity index is 3060. The number of fused-ring (bicyclic) bond motifs is 1. The predicted molar refractivity (Wildman–Crippen MR) is 210 cm³/mol. The molecule has 23 heteroatoms. The lowest BCUT2D eigenvalue weighted by atomic mass is 9.12. The minimum absolute atomic E-state index is 0.110. The lowest BCUT2D eigenvalue weighted by Crippen LogP contribution is -2.81. The Balaban J connectivity index is 0.000000242. The molecule has 0 aliphatic rings. The molecule has 70 heavy (non-hydrogen) atoms. The highest BCUT2D eigenvalue weighted by molar-refractivity contribution is 7.20. The number of pyridine rings is 1. The molecule has 0 saturated carbocycles. The Labute approximate surface area is 378 Å². The normalized spacial score (nSPS) is 11.5. The van der Waals surface area contributed by atoms with Crippen molar-refractivity contribution in [3.8, 4) is 11.3 Å². The average molecular weight is 1000 g/mol. The van der Waals surface area contributed by atoms with Gasteiger partial charge >= 0.3 is 0 Å². The monoisotopic (exact) mass is 1000 g/mol. The lowest BCUT2D eigenvalue weighted by Gasteiger charge is -2.44. The van der Waals surface area contributed by atoms with Gasteiger partial charge in [0.25, 0.3) is 0 Å². The summed E-state index contributed by atoms with van der Waals surface area (Å²) in [7, 11) is 0. The molecular weight excluding hydrogens is 985 g/mol. The van der Waals surface area contributed by atoms with Crippen LogP contribution in [0.15, 0.2) is 97.2 Å². The first-order chi connectivity index (χ1) is 33.0. The molecule has 0 aliphatic carbocycles. The molecule has 1 aromatic heterocycles. The van der Waals surface area contributed by atoms with E-state index >= 15 is 35.1 Å². The summed E-state index contributed by atoms with van der Waals surface area (Å²) in [5.74, 6) is -71.3. The Morgan fingerprint density at radius 1 is 0.343 bits per heavy atom. The second kappa shape index (κ2) is 19.0. The Hall–Kier alpha value is -7.72. The van der Waals surface area contributed by atoms with Gasteiger partial charge in [0.1, 0.15) is 52.7 Å². The van der Waals surface area contributed by atoms with E-state index in [0.29, 0.717) is 6.54 Å². The minimum atomic E-state index is -7.22. The van der Waals surface area contributed by atoms with Crippen LogP contribution in [0, 0.1) is 116 Å². The highest BCUT2D eigenvalue weighted by Crippen LogP contribution is 2.31. The zero-order chi connectivity index (χ0) is 51.4. The number of hydrogen-bond acceptors (Lipinski definition) is 1. The van der Waals surface area contributed by atoms with Gasteiger partial charge in [0.15, 0.2) is 76.0 Å². The van der Waals surface area contributed by atoms with E-state index in [2.05, 4.69) is 36.4 Å². The number of hydrogen-bond donors (Lipinski definition) is 0. The van der Waals surface area contributed by atoms with Crippen LogP contribution in [0.1, 0.15) is 10.4 Å². The molecule has 7 aromatic carbocycles. The summed E-state index contributed by atoms with van der Waals surface area (Å²) in [6, 6.07) is 30.2. The average Bonchev–Trinajstić information content (AvgIpc) is 3.36. The number of halogens is 20. The van der Waals surface area contributed by atoms with E-state index in [1.165, 1.54) is 10.8 Å². The minimum Gasteiger partial charge on any atom is -0.287 e. The molecule has 0 spiro atoms. The number of benzene rings is 7. The molecule has 8 rings (SSSR count). The van der Waals surface area contributed by atoms with Crippen molar-refractivity contribution in [2.45, 2.75) is 6.54 Å². The van der Waals surface area contributed by atoms with Crippen LogP contribution in [-0.4, -0.2) is 11.9 Å². The summed E-state index contributed by atoms with van der Waals surface area (Å²) >= 11 is 0. The summed E-state index contributed by atoms with van der Waals surface area (Å²) < 4.78 is 296. The number of nitrogens with zero attached hydrogens (tertiary/aromatic N) is 1. The molecular formula is C47H18BF20NO. The molecule has 0 amide bonds. The van der Waals surface area contributed by atoms with Gasteiger partial charge < -0.3 is 0 Å². The van der Waals surface area contributed by atoms with Crippen molar-refractivity contribution in [3.05, 3.63) is 219 Å². The van der Waals surface area contributed by atoms with Crippen molar-refractivity contribution >= 4 is 44.6 Å². The maximum atomic E-state index is 15.4. The molecule has 0 saturated heterocycles. The van der Waals surface area contributed by atoms with Gasteiger partial charge in [-0.1, -0.05) is 60.7 Å². The van der Waals surface area contributed by atoms with Crippen LogP contribution in [0.25, 0.3) is 22.0 Å². The van der Waals surface area contributed by atoms with Crippen molar-refractivity contribution in [2.24, 2.45) is 0 Å². The number of aromatic nitrogens is 1. The molecule has 2 nitrogen and oxygen atoms in total. The van der Waals surface area contributed by atoms with Crippen molar-refractivity contribution in [1.29, 1.82) is 0 Å². The number of rotatable bonds is 8. The molecule has 0 N–H and O–H groups in total. The molecule has 8 aromatic rings. The standard InChI is InChI=1S/C24BF20.C23H18NO/c26-5-1(6(27)14(35)21(42)13(5)34)25(2-7(28)15(36)22(43)16(37)8(2)29,3-9(30)17(38)23(44)18(39)10(3)31)4-11(32)19(40)24(45)20(41)12(4)33;25-23(19-9-2-1-3-10-19)17-24-15-7-6-12-22(24)21-14-13-18-8-4-5-11-20(18)16-21/h;1-16H,17H2/q-1;+1. The van der Waals surface area contributed by atoms with E-state index in [0.717, 1.165) is 16.8 Å². The fraction of sp³-hybridized carbons (Fsp3) is 0.0213. The summed E-state index contributed by atoms with van der Waals surface area (Å²) in [5.41, 5.74) is -11.4. The van der Waals surface area contributed by atoms with Gasteiger partial charge in [-0.25, -0.2) is 87.8 Å². The van der Waals surface area contributed by atoms with Gasteiger partial charge in [0, 0.05) is 23.3 Å². The maximum absolute atomic E-state index is 15.4. The van der Waals surface area contributed by atoms with E-state index in [1.54, 1.807) is 0 Å². The van der Waals surface area contributed by atoms with E-state index in [1.807, 2.05) is 65.4 Å². The third-order valence-electron chi connectivity index (χ3n) is 11.1. The molecule has 0 radical (unpaired) electrons. The van der Waals surface area contributed by atoms with Gasteiger partial charge in [-0.15, -0.1) is 21.9 Å². The highest BCUT2D eigenvalue weighted by atomic mass is 19.2. The number of carbonyl (C=O) groups excluding carboxylic acids is 1. The van der Waals surface area contributed by atoms with Crippen LogP contribution < -0.4 is 26.4 Å². The van der Waals surface area contributed by atoms with Crippen LogP contribution in [-0.2, 0) is 6.54 Å². The topological polar surface area (TPSA) is 20.9 Å². The number of carbonyl (C=O) groups is 1. The molecule has 0 atom stereocenters. The Morgan fingerprint density at radius 2 is 0.657 bits per heavy atom. The summed E-state index contributed by atoms with van der Waals surface area (Å²) in [6.07, 6.45) is -5.25. The summed E-state index contributed by atoms with van der Waals surface area (Å²) in [4.78, 5) is 12.6. The zero-order valence-corrected chi connectivity index (χ0v) is 33.9. The Morgan fingerprint density at radius 3 is 1.03 bits per heavy atom. The summed E-state index contributed by atoms with van der Waals surface area (Å²) in [5, 5.41) is 2.42. The first-order valence-corrected chi connectivity index (χ1v) is 19.3. The number of ketones is 1. The summed E-state index contributed by atoms with van der Waals surface area (Å²) in [6.45, 7) is 0.326. The van der Waals surface area contributed by atoms with Crippen molar-refractivity contribution in [3.63, 3.8) is 0 Å². The van der Waals surface area contributed by atoms with Gasteiger partial charge in [0.05, 0.1) is 0 Å². The predicted octanol–water partition coefficient (Wildman–Crippen LogP) is 10.5. The molecule has 0 aliphatic heterocycles. The van der Waals surface area contributed by atoms with Crippen LogP contribution in [0.4, 0.5) is 87.8 Å². The van der Waals surface area contributed by atoms with Crippen molar-refractivity contribution in [2.75, 3.05) is 0 Å². The first kappa shape index (κ1) is 50.2. The van der Waals surface area contributed by atoms with Crippen LogP contribution in [0.3, 0.4) is 0 Å². The molecule has 360 valence electrons. The fourth-order valence-electron chi connectivity index (χ4n) is 7.97. The molecule has 0 bridgehead atoms. The van der Waals surface area contributed by atoms with E-state index in [-0.39, 0.29) is 5.78 Å². The van der Waals surface area contributed by atoms with E-state index in [9.17, 15) is 57.5 Å². The third-order valence-corrected chi connectivity index (χ3v) is 11.1. The van der Waals surface area contributed by atoms with Crippen molar-refractivity contribution < 1.29 is 97.2 Å². The highest BCUT2D eigenvalue weighted by Gasteiger charge is 2.52. The van der Waals surface area contributed by atoms with Crippen LogP contribution >= 0.6 is 0 Å². The Kier molecular flexibility index (Phi) is 13.6.